The molecule has 20 heavy (non-hydrogen) atoms. The highest BCUT2D eigenvalue weighted by Gasteiger charge is 2.08. The summed E-state index contributed by atoms with van der Waals surface area (Å²) >= 11 is 5.96. The van der Waals surface area contributed by atoms with E-state index >= 15 is 0 Å². The number of aryl methyl sites for hydroxylation is 1. The highest BCUT2D eigenvalue weighted by atomic mass is 35.5. The predicted octanol–water partition coefficient (Wildman–Crippen LogP) is 2.94. The van der Waals surface area contributed by atoms with Crippen molar-refractivity contribution in [3.8, 4) is 0 Å². The first kappa shape index (κ1) is 12.9. The molecule has 2 heterocycles. The molecule has 1 N–H and O–H groups in total. The van der Waals surface area contributed by atoms with Gasteiger partial charge in [-0.2, -0.15) is 5.10 Å². The molecule has 0 bridgehead atoms. The highest BCUT2D eigenvalue weighted by Crippen LogP contribution is 2.22. The average molecular weight is 288 g/mol. The lowest BCUT2D eigenvalue weighted by Gasteiger charge is -2.08. The fourth-order valence-corrected chi connectivity index (χ4v) is 2.26. The summed E-state index contributed by atoms with van der Waals surface area (Å²) < 4.78 is 1.85. The Morgan fingerprint density at radius 1 is 1.25 bits per heavy atom. The number of aromatic nitrogens is 4. The summed E-state index contributed by atoms with van der Waals surface area (Å²) in [5, 5.41) is 8.74. The minimum atomic E-state index is 0.245. The molecule has 5 nitrogen and oxygen atoms in total. The Bertz CT molecular complexity index is 765. The first-order valence-corrected chi connectivity index (χ1v) is 6.66. The molecule has 0 fully saturated rings. The molecule has 0 unspecified atom stereocenters. The summed E-state index contributed by atoms with van der Waals surface area (Å²) in [6, 6.07) is 7.79. The summed E-state index contributed by atoms with van der Waals surface area (Å²) in [5.41, 5.74) is 3.09. The van der Waals surface area contributed by atoms with Crippen LogP contribution in [0.1, 0.15) is 11.3 Å². The van der Waals surface area contributed by atoms with Crippen LogP contribution in [0.4, 0.5) is 5.82 Å². The van der Waals surface area contributed by atoms with Crippen LogP contribution in [0, 0.1) is 6.92 Å². The molecule has 0 spiro atoms. The van der Waals surface area contributed by atoms with Crippen molar-refractivity contribution in [3.63, 3.8) is 0 Å². The Morgan fingerprint density at radius 2 is 2.05 bits per heavy atom. The Labute approximate surface area is 121 Å². The summed E-state index contributed by atoms with van der Waals surface area (Å²) in [6.45, 7) is 2.69. The van der Waals surface area contributed by atoms with Crippen LogP contribution in [-0.2, 0) is 13.6 Å². The quantitative estimate of drug-likeness (QED) is 0.753. The fourth-order valence-electron chi connectivity index (χ4n) is 2.08. The van der Waals surface area contributed by atoms with Gasteiger partial charge >= 0.3 is 0 Å². The van der Waals surface area contributed by atoms with Crippen molar-refractivity contribution in [2.75, 3.05) is 5.32 Å². The number of hydrogen-bond acceptors (Lipinski definition) is 4. The predicted molar refractivity (Wildman–Crippen MR) is 79.8 cm³/mol. The van der Waals surface area contributed by atoms with Crippen molar-refractivity contribution >= 4 is 28.3 Å². The van der Waals surface area contributed by atoms with Crippen molar-refractivity contribution in [3.05, 3.63) is 47.0 Å². The van der Waals surface area contributed by atoms with Gasteiger partial charge in [0, 0.05) is 30.2 Å². The second kappa shape index (κ2) is 5.09. The summed E-state index contributed by atoms with van der Waals surface area (Å²) in [6.07, 6.45) is 1.85. The Kier molecular flexibility index (Phi) is 3.28. The first-order chi connectivity index (χ1) is 9.65. The van der Waals surface area contributed by atoms with Crippen molar-refractivity contribution in [1.82, 2.24) is 19.7 Å². The molecule has 102 valence electrons. The van der Waals surface area contributed by atoms with Crippen LogP contribution < -0.4 is 5.32 Å². The van der Waals surface area contributed by atoms with Crippen LogP contribution in [-0.4, -0.2) is 19.7 Å². The van der Waals surface area contributed by atoms with Gasteiger partial charge in [-0.05, 0) is 30.7 Å². The van der Waals surface area contributed by atoms with E-state index in [-0.39, 0.29) is 5.28 Å². The van der Waals surface area contributed by atoms with E-state index in [9.17, 15) is 0 Å². The third-order valence-electron chi connectivity index (χ3n) is 3.36. The zero-order chi connectivity index (χ0) is 14.1. The number of nitrogens with zero attached hydrogens (tertiary/aromatic N) is 4. The SMILES string of the molecule is Cc1c(CNc2nc(Cl)nc3ccccc23)cnn1C. The number of fused-ring (bicyclic) bond motifs is 1. The second-order valence-corrected chi connectivity index (χ2v) is 4.93. The molecule has 3 aromatic rings. The zero-order valence-electron chi connectivity index (χ0n) is 11.3. The van der Waals surface area contributed by atoms with E-state index in [1.807, 2.05) is 49.1 Å². The Hall–Kier alpha value is -2.14. The molecular formula is C14H14ClN5. The smallest absolute Gasteiger partial charge is 0.224 e. The fraction of sp³-hybridized carbons (Fsp3) is 0.214. The van der Waals surface area contributed by atoms with Gasteiger partial charge in [-0.25, -0.2) is 9.97 Å². The maximum absolute atomic E-state index is 5.96. The van der Waals surface area contributed by atoms with Gasteiger partial charge in [-0.3, -0.25) is 4.68 Å². The van der Waals surface area contributed by atoms with Crippen molar-refractivity contribution in [2.45, 2.75) is 13.5 Å². The van der Waals surface area contributed by atoms with E-state index < -0.39 is 0 Å². The summed E-state index contributed by atoms with van der Waals surface area (Å²) in [4.78, 5) is 8.48. The van der Waals surface area contributed by atoms with Crippen molar-refractivity contribution in [1.29, 1.82) is 0 Å². The van der Waals surface area contributed by atoms with E-state index in [1.165, 1.54) is 0 Å². The average Bonchev–Trinajstić information content (AvgIpc) is 2.76. The topological polar surface area (TPSA) is 55.6 Å². The second-order valence-electron chi connectivity index (χ2n) is 4.59. The maximum Gasteiger partial charge on any atom is 0.224 e. The molecule has 2 aromatic heterocycles. The molecule has 0 aliphatic carbocycles. The van der Waals surface area contributed by atoms with Crippen LogP contribution >= 0.6 is 11.6 Å². The van der Waals surface area contributed by atoms with Crippen LogP contribution in [0.5, 0.6) is 0 Å². The van der Waals surface area contributed by atoms with E-state index in [1.54, 1.807) is 0 Å². The lowest BCUT2D eigenvalue weighted by Crippen LogP contribution is -2.04. The van der Waals surface area contributed by atoms with E-state index in [4.69, 9.17) is 11.6 Å². The molecule has 0 aliphatic heterocycles. The van der Waals surface area contributed by atoms with E-state index in [0.29, 0.717) is 6.54 Å². The molecule has 0 atom stereocenters. The molecule has 0 radical (unpaired) electrons. The van der Waals surface area contributed by atoms with Gasteiger partial charge in [-0.1, -0.05) is 12.1 Å². The Morgan fingerprint density at radius 3 is 2.80 bits per heavy atom. The number of rotatable bonds is 3. The monoisotopic (exact) mass is 287 g/mol. The lowest BCUT2D eigenvalue weighted by molar-refractivity contribution is 0.738. The van der Waals surface area contributed by atoms with Crippen LogP contribution in [0.25, 0.3) is 10.9 Å². The lowest BCUT2D eigenvalue weighted by atomic mass is 10.2. The molecule has 0 amide bonds. The molecule has 6 heteroatoms. The van der Waals surface area contributed by atoms with Gasteiger partial charge in [0.05, 0.1) is 11.7 Å². The summed E-state index contributed by atoms with van der Waals surface area (Å²) in [5.74, 6) is 0.740. The van der Waals surface area contributed by atoms with Crippen LogP contribution in [0.15, 0.2) is 30.5 Å². The number of para-hydroxylation sites is 1. The number of anilines is 1. The van der Waals surface area contributed by atoms with E-state index in [2.05, 4.69) is 20.4 Å². The van der Waals surface area contributed by atoms with E-state index in [0.717, 1.165) is 28.0 Å². The minimum Gasteiger partial charge on any atom is -0.365 e. The molecule has 1 aromatic carbocycles. The van der Waals surface area contributed by atoms with Gasteiger partial charge in [0.25, 0.3) is 0 Å². The van der Waals surface area contributed by atoms with Gasteiger partial charge in [0.2, 0.25) is 5.28 Å². The van der Waals surface area contributed by atoms with Crippen molar-refractivity contribution < 1.29 is 0 Å². The van der Waals surface area contributed by atoms with Gasteiger partial charge in [0.1, 0.15) is 5.82 Å². The normalized spacial score (nSPS) is 10.9. The molecule has 0 saturated heterocycles. The van der Waals surface area contributed by atoms with Crippen LogP contribution in [0.3, 0.4) is 0 Å². The van der Waals surface area contributed by atoms with Crippen molar-refractivity contribution in [2.24, 2.45) is 7.05 Å². The molecule has 3 rings (SSSR count). The maximum atomic E-state index is 5.96. The molecule has 0 saturated carbocycles. The Balaban J connectivity index is 1.93. The number of benzene rings is 1. The van der Waals surface area contributed by atoms with Gasteiger partial charge in [-0.15, -0.1) is 0 Å². The first-order valence-electron chi connectivity index (χ1n) is 6.29. The standard InChI is InChI=1S/C14H14ClN5/c1-9-10(8-17-20(9)2)7-16-13-11-5-3-4-6-12(11)18-14(15)19-13/h3-6,8H,7H2,1-2H3,(H,16,18,19). The van der Waals surface area contributed by atoms with Gasteiger partial charge < -0.3 is 5.32 Å². The largest absolute Gasteiger partial charge is 0.365 e. The molecule has 0 aliphatic rings. The third kappa shape index (κ3) is 2.32. The number of hydrogen-bond donors (Lipinski definition) is 1. The number of nitrogens with one attached hydrogen (secondary N) is 1. The highest BCUT2D eigenvalue weighted by molar-refractivity contribution is 6.28. The minimum absolute atomic E-state index is 0.245. The zero-order valence-corrected chi connectivity index (χ0v) is 12.0. The van der Waals surface area contributed by atoms with Gasteiger partial charge in [0.15, 0.2) is 0 Å². The number of halogens is 1. The third-order valence-corrected chi connectivity index (χ3v) is 3.53. The van der Waals surface area contributed by atoms with Crippen LogP contribution in [0.2, 0.25) is 5.28 Å². The molecular weight excluding hydrogens is 274 g/mol. The summed E-state index contributed by atoms with van der Waals surface area (Å²) in [7, 11) is 1.93.